The van der Waals surface area contributed by atoms with E-state index in [2.05, 4.69) is 15.5 Å². The summed E-state index contributed by atoms with van der Waals surface area (Å²) in [6.07, 6.45) is 1.52. The fourth-order valence-electron chi connectivity index (χ4n) is 3.55. The van der Waals surface area contributed by atoms with Crippen molar-refractivity contribution < 1.29 is 19.0 Å². The normalized spacial score (nSPS) is 17.1. The second-order valence-electron chi connectivity index (χ2n) is 7.31. The molecule has 0 spiro atoms. The number of aliphatic hydroxyl groups is 1. The smallest absolute Gasteiger partial charge is 0.253 e. The lowest BCUT2D eigenvalue weighted by Crippen LogP contribution is -2.28. The second kappa shape index (κ2) is 9.00. The van der Waals surface area contributed by atoms with Crippen LogP contribution in [-0.2, 0) is 6.54 Å². The van der Waals surface area contributed by atoms with Crippen molar-refractivity contribution in [1.29, 1.82) is 0 Å². The number of rotatable bonds is 7. The van der Waals surface area contributed by atoms with E-state index in [0.717, 1.165) is 12.0 Å². The van der Waals surface area contributed by atoms with Gasteiger partial charge in [0.15, 0.2) is 0 Å². The molecule has 3 aromatic rings. The van der Waals surface area contributed by atoms with Crippen LogP contribution in [0.1, 0.15) is 28.3 Å². The minimum atomic E-state index is -0.761. The molecule has 1 N–H and O–H groups in total. The fraction of sp³-hybridized carbons (Fsp3) is 0.333. The first kappa shape index (κ1) is 20.0. The van der Waals surface area contributed by atoms with E-state index in [1.807, 2.05) is 4.90 Å². The van der Waals surface area contributed by atoms with Crippen molar-refractivity contribution in [2.45, 2.75) is 25.0 Å². The Balaban J connectivity index is 1.29. The van der Waals surface area contributed by atoms with E-state index < -0.39 is 6.10 Å². The summed E-state index contributed by atoms with van der Waals surface area (Å²) in [7, 11) is 0. The molecule has 0 aliphatic carbocycles. The maximum Gasteiger partial charge on any atom is 0.253 e. The van der Waals surface area contributed by atoms with E-state index >= 15 is 0 Å². The summed E-state index contributed by atoms with van der Waals surface area (Å²) in [5.74, 6) is 0.492. The highest BCUT2D eigenvalue weighted by atomic mass is 19.1. The van der Waals surface area contributed by atoms with E-state index in [1.54, 1.807) is 36.4 Å². The zero-order chi connectivity index (χ0) is 20.9. The Morgan fingerprint density at radius 2 is 1.97 bits per heavy atom. The van der Waals surface area contributed by atoms with Crippen molar-refractivity contribution in [3.05, 3.63) is 71.8 Å². The van der Waals surface area contributed by atoms with Gasteiger partial charge in [0, 0.05) is 24.6 Å². The third-order valence-corrected chi connectivity index (χ3v) is 5.15. The van der Waals surface area contributed by atoms with Crippen molar-refractivity contribution in [3.63, 3.8) is 0 Å². The van der Waals surface area contributed by atoms with Gasteiger partial charge >= 0.3 is 0 Å². The predicted molar refractivity (Wildman–Crippen MR) is 105 cm³/mol. The van der Waals surface area contributed by atoms with Gasteiger partial charge in [-0.2, -0.15) is 0 Å². The number of hydrogen-bond acceptors (Lipinski definition) is 6. The summed E-state index contributed by atoms with van der Waals surface area (Å²) >= 11 is 0. The van der Waals surface area contributed by atoms with Crippen molar-refractivity contribution in [1.82, 2.24) is 25.1 Å². The summed E-state index contributed by atoms with van der Waals surface area (Å²) in [6.45, 7) is 1.60. The Labute approximate surface area is 172 Å². The van der Waals surface area contributed by atoms with Crippen LogP contribution < -0.4 is 4.74 Å². The van der Waals surface area contributed by atoms with Crippen molar-refractivity contribution in [2.24, 2.45) is 0 Å². The first-order chi connectivity index (χ1) is 14.6. The van der Waals surface area contributed by atoms with Gasteiger partial charge in [-0.15, -0.1) is 5.10 Å². The zero-order valence-corrected chi connectivity index (χ0v) is 16.3. The number of ether oxygens (including phenoxy) is 1. The number of halogens is 1. The van der Waals surface area contributed by atoms with Crippen LogP contribution >= 0.6 is 0 Å². The van der Waals surface area contributed by atoms with Crippen LogP contribution in [0.25, 0.3) is 0 Å². The van der Waals surface area contributed by atoms with Crippen LogP contribution in [0.5, 0.6) is 5.75 Å². The SMILES string of the molecule is O=C(c1ccc(OC[C@H](O)Cn2cnnn2)cc1)N1CC[C@H](c2ccc(F)cc2)C1. The van der Waals surface area contributed by atoms with Gasteiger partial charge < -0.3 is 14.7 Å². The summed E-state index contributed by atoms with van der Waals surface area (Å²) < 4.78 is 20.1. The number of hydrogen-bond donors (Lipinski definition) is 1. The number of carbonyl (C=O) groups excluding carboxylic acids is 1. The summed E-state index contributed by atoms with van der Waals surface area (Å²) in [4.78, 5) is 14.6. The van der Waals surface area contributed by atoms with Crippen LogP contribution in [0.15, 0.2) is 54.9 Å². The molecule has 156 valence electrons. The van der Waals surface area contributed by atoms with Crippen molar-refractivity contribution >= 4 is 5.91 Å². The van der Waals surface area contributed by atoms with Gasteiger partial charge in [-0.3, -0.25) is 4.79 Å². The molecule has 1 saturated heterocycles. The quantitative estimate of drug-likeness (QED) is 0.638. The van der Waals surface area contributed by atoms with Crippen LogP contribution in [0.2, 0.25) is 0 Å². The van der Waals surface area contributed by atoms with Gasteiger partial charge in [0.1, 0.15) is 30.6 Å². The van der Waals surface area contributed by atoms with Crippen LogP contribution in [0.3, 0.4) is 0 Å². The lowest BCUT2D eigenvalue weighted by Gasteiger charge is -2.17. The molecule has 2 heterocycles. The van der Waals surface area contributed by atoms with E-state index in [4.69, 9.17) is 4.74 Å². The summed E-state index contributed by atoms with van der Waals surface area (Å²) in [6, 6.07) is 13.3. The molecule has 2 aromatic carbocycles. The van der Waals surface area contributed by atoms with E-state index in [9.17, 15) is 14.3 Å². The standard InChI is InChI=1S/C21H22FN5O3/c22-18-5-1-15(2-6-18)17-9-10-26(11-17)21(29)16-3-7-20(8-4-16)30-13-19(28)12-27-14-23-24-25-27/h1-8,14,17,19,28H,9-13H2/t17-,19+/m0/s1. The molecule has 9 heteroatoms. The predicted octanol–water partition coefficient (Wildman–Crippen LogP) is 1.88. The number of aliphatic hydroxyl groups excluding tert-OH is 1. The highest BCUT2D eigenvalue weighted by molar-refractivity contribution is 5.94. The molecule has 0 unspecified atom stereocenters. The number of aromatic nitrogens is 4. The zero-order valence-electron chi connectivity index (χ0n) is 16.3. The fourth-order valence-corrected chi connectivity index (χ4v) is 3.55. The summed E-state index contributed by atoms with van der Waals surface area (Å²) in [5.41, 5.74) is 1.63. The Kier molecular flexibility index (Phi) is 5.99. The Bertz CT molecular complexity index is 963. The Morgan fingerprint density at radius 3 is 2.67 bits per heavy atom. The maximum atomic E-state index is 13.1. The molecule has 1 aliphatic heterocycles. The van der Waals surface area contributed by atoms with E-state index in [1.165, 1.54) is 23.1 Å². The number of carbonyl (C=O) groups is 1. The number of tetrazole rings is 1. The number of benzene rings is 2. The molecule has 1 fully saturated rings. The lowest BCUT2D eigenvalue weighted by molar-refractivity contribution is 0.0789. The number of likely N-dealkylation sites (tertiary alicyclic amines) is 1. The van der Waals surface area contributed by atoms with E-state index in [0.29, 0.717) is 24.4 Å². The number of nitrogens with zero attached hydrogens (tertiary/aromatic N) is 5. The molecule has 2 atom stereocenters. The highest BCUT2D eigenvalue weighted by Crippen LogP contribution is 2.28. The third-order valence-electron chi connectivity index (χ3n) is 5.15. The summed E-state index contributed by atoms with van der Waals surface area (Å²) in [5, 5.41) is 20.7. The second-order valence-corrected chi connectivity index (χ2v) is 7.31. The topological polar surface area (TPSA) is 93.4 Å². The number of amides is 1. The van der Waals surface area contributed by atoms with Gasteiger partial charge in [-0.25, -0.2) is 9.07 Å². The Morgan fingerprint density at radius 1 is 1.20 bits per heavy atom. The molecule has 0 saturated carbocycles. The minimum Gasteiger partial charge on any atom is -0.491 e. The van der Waals surface area contributed by atoms with E-state index in [-0.39, 0.29) is 30.8 Å². The molecule has 30 heavy (non-hydrogen) atoms. The molecule has 4 rings (SSSR count). The lowest BCUT2D eigenvalue weighted by atomic mass is 9.99. The van der Waals surface area contributed by atoms with Crippen LogP contribution in [0, 0.1) is 5.82 Å². The molecule has 0 radical (unpaired) electrons. The Hall–Kier alpha value is -3.33. The molecule has 1 aromatic heterocycles. The monoisotopic (exact) mass is 411 g/mol. The van der Waals surface area contributed by atoms with Crippen LogP contribution in [0.4, 0.5) is 4.39 Å². The van der Waals surface area contributed by atoms with Gasteiger partial charge in [-0.1, -0.05) is 12.1 Å². The van der Waals surface area contributed by atoms with Gasteiger partial charge in [0.25, 0.3) is 5.91 Å². The molecule has 8 nitrogen and oxygen atoms in total. The third kappa shape index (κ3) is 4.80. The van der Waals surface area contributed by atoms with Gasteiger partial charge in [0.05, 0.1) is 6.54 Å². The average Bonchev–Trinajstić information content (AvgIpc) is 3.45. The minimum absolute atomic E-state index is 0.0371. The first-order valence-electron chi connectivity index (χ1n) is 9.75. The molecular formula is C21H22FN5O3. The first-order valence-corrected chi connectivity index (χ1v) is 9.75. The molecule has 1 amide bonds. The largest absolute Gasteiger partial charge is 0.491 e. The highest BCUT2D eigenvalue weighted by Gasteiger charge is 2.28. The average molecular weight is 411 g/mol. The van der Waals surface area contributed by atoms with Gasteiger partial charge in [0.2, 0.25) is 0 Å². The maximum absolute atomic E-state index is 13.1. The van der Waals surface area contributed by atoms with Gasteiger partial charge in [-0.05, 0) is 58.8 Å². The molecule has 0 bridgehead atoms. The van der Waals surface area contributed by atoms with Crippen LogP contribution in [-0.4, -0.2) is 61.9 Å². The molecule has 1 aliphatic rings. The molecular weight excluding hydrogens is 389 g/mol. The van der Waals surface area contributed by atoms with Crippen molar-refractivity contribution in [2.75, 3.05) is 19.7 Å². The van der Waals surface area contributed by atoms with Crippen molar-refractivity contribution in [3.8, 4) is 5.75 Å².